The lowest BCUT2D eigenvalue weighted by Gasteiger charge is -2.29. The molecule has 2 unspecified atom stereocenters. The first kappa shape index (κ1) is 7.94. The quantitative estimate of drug-likeness (QED) is 0.438. The predicted molar refractivity (Wildman–Crippen MR) is 33.2 cm³/mol. The Morgan fingerprint density at radius 2 is 2.00 bits per heavy atom. The van der Waals surface area contributed by atoms with Crippen LogP contribution in [-0.4, -0.2) is 40.4 Å². The van der Waals surface area contributed by atoms with Gasteiger partial charge in [0.25, 0.3) is 0 Å². The molecule has 60 valence electrons. The average Bonchev–Trinajstić information content (AvgIpc) is 1.94. The van der Waals surface area contributed by atoms with Crippen LogP contribution in [0.3, 0.4) is 0 Å². The molecule has 1 saturated heterocycles. The van der Waals surface area contributed by atoms with Crippen molar-refractivity contribution in [3.05, 3.63) is 0 Å². The van der Waals surface area contributed by atoms with Crippen LogP contribution in [0.15, 0.2) is 0 Å². The van der Waals surface area contributed by atoms with Gasteiger partial charge in [-0.15, -0.1) is 0 Å². The summed E-state index contributed by atoms with van der Waals surface area (Å²) in [4.78, 5) is 0. The fourth-order valence-electron chi connectivity index (χ4n) is 1.02. The van der Waals surface area contributed by atoms with E-state index in [2.05, 4.69) is 0 Å². The van der Waals surface area contributed by atoms with Crippen LogP contribution in [0.2, 0.25) is 0 Å². The minimum atomic E-state index is -0.819. The number of ether oxygens (including phenoxy) is 1. The van der Waals surface area contributed by atoms with Crippen molar-refractivity contribution < 1.29 is 20.1 Å². The third-order valence-corrected chi connectivity index (χ3v) is 1.65. The summed E-state index contributed by atoms with van der Waals surface area (Å²) < 4.78 is 4.80. The van der Waals surface area contributed by atoms with Crippen LogP contribution in [0.4, 0.5) is 0 Å². The number of hydrogen-bond acceptors (Lipinski definition) is 4. The molecule has 0 aromatic carbocycles. The molecule has 0 aliphatic carbocycles. The van der Waals surface area contributed by atoms with Gasteiger partial charge in [-0.25, -0.2) is 0 Å². The molecule has 1 fully saturated rings. The lowest BCUT2D eigenvalue weighted by molar-refractivity contribution is -0.207. The van der Waals surface area contributed by atoms with Gasteiger partial charge in [0.05, 0.1) is 12.7 Å². The highest BCUT2D eigenvalue weighted by atomic mass is 16.6. The van der Waals surface area contributed by atoms with Gasteiger partial charge < -0.3 is 20.1 Å². The first-order chi connectivity index (χ1) is 4.74. The third kappa shape index (κ3) is 1.67. The fourth-order valence-corrected chi connectivity index (χ4v) is 1.02. The van der Waals surface area contributed by atoms with Crippen molar-refractivity contribution in [2.45, 2.75) is 31.3 Å². The topological polar surface area (TPSA) is 69.9 Å². The van der Waals surface area contributed by atoms with Crippen molar-refractivity contribution in [1.29, 1.82) is 0 Å². The molecule has 1 aliphatic heterocycles. The maximum atomic E-state index is 9.09. The number of aliphatic hydroxyl groups is 3. The number of hydrogen-bond donors (Lipinski definition) is 3. The van der Waals surface area contributed by atoms with E-state index in [-0.39, 0.29) is 6.61 Å². The van der Waals surface area contributed by atoms with Crippen LogP contribution >= 0.6 is 0 Å². The van der Waals surface area contributed by atoms with E-state index in [1.54, 1.807) is 0 Å². The molecule has 0 bridgehead atoms. The SMILES string of the molecule is OCC1O[C@@H](O)CCC1O. The molecule has 0 spiro atoms. The van der Waals surface area contributed by atoms with Crippen LogP contribution < -0.4 is 0 Å². The van der Waals surface area contributed by atoms with Crippen LogP contribution in [0.5, 0.6) is 0 Å². The maximum Gasteiger partial charge on any atom is 0.155 e. The normalized spacial score (nSPS) is 41.7. The molecule has 1 rings (SSSR count). The van der Waals surface area contributed by atoms with E-state index in [1.165, 1.54) is 0 Å². The Labute approximate surface area is 59.1 Å². The van der Waals surface area contributed by atoms with Gasteiger partial charge in [-0.05, 0) is 6.42 Å². The van der Waals surface area contributed by atoms with Gasteiger partial charge in [0.15, 0.2) is 6.29 Å². The summed E-state index contributed by atoms with van der Waals surface area (Å²) in [6, 6.07) is 0. The van der Waals surface area contributed by atoms with Gasteiger partial charge >= 0.3 is 0 Å². The highest BCUT2D eigenvalue weighted by Gasteiger charge is 2.27. The van der Waals surface area contributed by atoms with Gasteiger partial charge in [0, 0.05) is 6.42 Å². The van der Waals surface area contributed by atoms with E-state index in [0.717, 1.165) is 0 Å². The Balaban J connectivity index is 2.38. The second-order valence-corrected chi connectivity index (χ2v) is 2.46. The van der Waals surface area contributed by atoms with Crippen molar-refractivity contribution in [3.63, 3.8) is 0 Å². The second kappa shape index (κ2) is 3.30. The van der Waals surface area contributed by atoms with Crippen molar-refractivity contribution >= 4 is 0 Å². The van der Waals surface area contributed by atoms with Crippen LogP contribution in [0.1, 0.15) is 12.8 Å². The summed E-state index contributed by atoms with van der Waals surface area (Å²) >= 11 is 0. The molecule has 0 saturated carbocycles. The van der Waals surface area contributed by atoms with E-state index in [9.17, 15) is 0 Å². The van der Waals surface area contributed by atoms with Gasteiger partial charge in [0.1, 0.15) is 6.10 Å². The van der Waals surface area contributed by atoms with Crippen LogP contribution in [0.25, 0.3) is 0 Å². The molecule has 4 heteroatoms. The van der Waals surface area contributed by atoms with E-state index in [0.29, 0.717) is 12.8 Å². The highest BCUT2D eigenvalue weighted by Crippen LogP contribution is 2.17. The Kier molecular flexibility index (Phi) is 2.62. The summed E-state index contributed by atoms with van der Waals surface area (Å²) in [6.45, 7) is -0.238. The Bertz CT molecular complexity index is 106. The van der Waals surface area contributed by atoms with E-state index >= 15 is 0 Å². The Morgan fingerprint density at radius 3 is 2.50 bits per heavy atom. The molecule has 0 aromatic rings. The van der Waals surface area contributed by atoms with E-state index in [4.69, 9.17) is 20.1 Å². The first-order valence-corrected chi connectivity index (χ1v) is 3.36. The zero-order valence-corrected chi connectivity index (χ0v) is 5.60. The largest absolute Gasteiger partial charge is 0.394 e. The Hall–Kier alpha value is -0.160. The minimum absolute atomic E-state index is 0.238. The molecule has 3 atom stereocenters. The summed E-state index contributed by atoms with van der Waals surface area (Å²) in [5.74, 6) is 0. The van der Waals surface area contributed by atoms with E-state index in [1.807, 2.05) is 0 Å². The molecule has 4 nitrogen and oxygen atoms in total. The third-order valence-electron chi connectivity index (χ3n) is 1.65. The van der Waals surface area contributed by atoms with Crippen molar-refractivity contribution in [2.75, 3.05) is 6.61 Å². The molecule has 0 aromatic heterocycles. The molecule has 3 N–H and O–H groups in total. The van der Waals surface area contributed by atoms with Gasteiger partial charge in [-0.2, -0.15) is 0 Å². The maximum absolute atomic E-state index is 9.09. The van der Waals surface area contributed by atoms with Gasteiger partial charge in [0.2, 0.25) is 0 Å². The zero-order chi connectivity index (χ0) is 7.56. The minimum Gasteiger partial charge on any atom is -0.394 e. The lowest BCUT2D eigenvalue weighted by Crippen LogP contribution is -2.40. The number of rotatable bonds is 1. The summed E-state index contributed by atoms with van der Waals surface area (Å²) in [7, 11) is 0. The van der Waals surface area contributed by atoms with E-state index < -0.39 is 18.5 Å². The van der Waals surface area contributed by atoms with Crippen LogP contribution in [-0.2, 0) is 4.74 Å². The first-order valence-electron chi connectivity index (χ1n) is 3.36. The molecule has 0 radical (unpaired) electrons. The average molecular weight is 148 g/mol. The Morgan fingerprint density at radius 1 is 1.30 bits per heavy atom. The molecule has 1 heterocycles. The van der Waals surface area contributed by atoms with Crippen molar-refractivity contribution in [3.8, 4) is 0 Å². The summed E-state index contributed by atoms with van der Waals surface area (Å²) in [6.07, 6.45) is -1.12. The fraction of sp³-hybridized carbons (Fsp3) is 1.00. The van der Waals surface area contributed by atoms with Gasteiger partial charge in [-0.1, -0.05) is 0 Å². The lowest BCUT2D eigenvalue weighted by atomic mass is 10.1. The summed E-state index contributed by atoms with van der Waals surface area (Å²) in [5, 5.41) is 26.6. The molecule has 0 amide bonds. The standard InChI is InChI=1S/C6H12O4/c7-3-5-4(8)1-2-6(9)10-5/h4-9H,1-3H2/t4?,5?,6-/m1/s1. The zero-order valence-electron chi connectivity index (χ0n) is 5.60. The molecule has 10 heavy (non-hydrogen) atoms. The monoisotopic (exact) mass is 148 g/mol. The predicted octanol–water partition coefficient (Wildman–Crippen LogP) is -1.16. The smallest absolute Gasteiger partial charge is 0.155 e. The van der Waals surface area contributed by atoms with Crippen molar-refractivity contribution in [1.82, 2.24) is 0 Å². The summed E-state index contributed by atoms with van der Waals surface area (Å²) in [5.41, 5.74) is 0. The second-order valence-electron chi connectivity index (χ2n) is 2.46. The van der Waals surface area contributed by atoms with Crippen LogP contribution in [0, 0.1) is 0 Å². The number of aliphatic hydroxyl groups excluding tert-OH is 3. The molecular formula is C6H12O4. The van der Waals surface area contributed by atoms with Crippen molar-refractivity contribution in [2.24, 2.45) is 0 Å². The molecular weight excluding hydrogens is 136 g/mol. The van der Waals surface area contributed by atoms with Gasteiger partial charge in [-0.3, -0.25) is 0 Å². The highest BCUT2D eigenvalue weighted by molar-refractivity contribution is 4.73. The molecule has 1 aliphatic rings.